The van der Waals surface area contributed by atoms with E-state index in [1.807, 2.05) is 29.2 Å². The van der Waals surface area contributed by atoms with Crippen molar-refractivity contribution in [2.24, 2.45) is 0 Å². The molecule has 1 atom stereocenters. The van der Waals surface area contributed by atoms with Gasteiger partial charge in [0.2, 0.25) is 5.91 Å². The van der Waals surface area contributed by atoms with Gasteiger partial charge in [0.05, 0.1) is 18.6 Å². The van der Waals surface area contributed by atoms with Crippen LogP contribution in [0.1, 0.15) is 55.5 Å². The molecule has 0 N–H and O–H groups in total. The quantitative estimate of drug-likeness (QED) is 0.682. The molecule has 1 aromatic heterocycles. The van der Waals surface area contributed by atoms with E-state index in [0.717, 1.165) is 23.5 Å². The van der Waals surface area contributed by atoms with Gasteiger partial charge in [-0.2, -0.15) is 5.26 Å². The van der Waals surface area contributed by atoms with E-state index in [4.69, 9.17) is 9.72 Å². The van der Waals surface area contributed by atoms with Crippen molar-refractivity contribution < 1.29 is 9.53 Å². The Kier molecular flexibility index (Phi) is 7.64. The topological polar surface area (TPSA) is 69.5 Å². The van der Waals surface area contributed by atoms with Gasteiger partial charge in [-0.25, -0.2) is 4.98 Å². The third kappa shape index (κ3) is 5.42. The van der Waals surface area contributed by atoms with Crippen LogP contribution in [0.4, 0.5) is 5.82 Å². The molecule has 6 heteroatoms. The monoisotopic (exact) mass is 420 g/mol. The summed E-state index contributed by atoms with van der Waals surface area (Å²) in [5, 5.41) is 9.88. The molecule has 6 nitrogen and oxygen atoms in total. The average molecular weight is 421 g/mol. The summed E-state index contributed by atoms with van der Waals surface area (Å²) in [7, 11) is 1.61. The van der Waals surface area contributed by atoms with Gasteiger partial charge in [0.1, 0.15) is 11.9 Å². The molecule has 3 rings (SSSR count). The molecule has 2 heterocycles. The fourth-order valence-corrected chi connectivity index (χ4v) is 4.19. The van der Waals surface area contributed by atoms with Crippen LogP contribution < -0.4 is 4.90 Å². The number of piperazine rings is 1. The first kappa shape index (κ1) is 22.8. The number of methoxy groups -OCH3 is 1. The lowest BCUT2D eigenvalue weighted by atomic mass is 9.96. The van der Waals surface area contributed by atoms with Crippen molar-refractivity contribution in [1.29, 1.82) is 5.26 Å². The SMILES string of the molecule is COCCC(=O)N1CCN(c2nc(C(C)C)c(Cc3ccccc3)cc2C#N)C[C@H]1C. The summed E-state index contributed by atoms with van der Waals surface area (Å²) in [6.45, 7) is 8.72. The molecule has 1 amide bonds. The number of anilines is 1. The number of hydrogen-bond donors (Lipinski definition) is 0. The lowest BCUT2D eigenvalue weighted by Crippen LogP contribution is -2.54. The van der Waals surface area contributed by atoms with Gasteiger partial charge in [0, 0.05) is 38.5 Å². The maximum Gasteiger partial charge on any atom is 0.225 e. The van der Waals surface area contributed by atoms with Crippen LogP contribution in [-0.4, -0.2) is 55.2 Å². The first-order valence-electron chi connectivity index (χ1n) is 11.0. The molecule has 164 valence electrons. The van der Waals surface area contributed by atoms with Gasteiger partial charge in [-0.1, -0.05) is 44.2 Å². The molecule has 1 aromatic carbocycles. The highest BCUT2D eigenvalue weighted by Gasteiger charge is 2.29. The Morgan fingerprint density at radius 2 is 2.03 bits per heavy atom. The summed E-state index contributed by atoms with van der Waals surface area (Å²) in [6.07, 6.45) is 1.16. The van der Waals surface area contributed by atoms with Crippen molar-refractivity contribution >= 4 is 11.7 Å². The van der Waals surface area contributed by atoms with E-state index >= 15 is 0 Å². The molecule has 31 heavy (non-hydrogen) atoms. The van der Waals surface area contributed by atoms with Crippen molar-refractivity contribution in [3.05, 3.63) is 58.8 Å². The first-order chi connectivity index (χ1) is 14.9. The van der Waals surface area contributed by atoms with Crippen LogP contribution in [0.25, 0.3) is 0 Å². The van der Waals surface area contributed by atoms with Crippen LogP contribution in [0, 0.1) is 11.3 Å². The molecule has 1 fully saturated rings. The van der Waals surface area contributed by atoms with E-state index < -0.39 is 0 Å². The Morgan fingerprint density at radius 1 is 1.29 bits per heavy atom. The van der Waals surface area contributed by atoms with Gasteiger partial charge >= 0.3 is 0 Å². The van der Waals surface area contributed by atoms with E-state index in [9.17, 15) is 10.1 Å². The number of aromatic nitrogens is 1. The zero-order valence-corrected chi connectivity index (χ0v) is 19.0. The number of benzene rings is 1. The van der Waals surface area contributed by atoms with Gasteiger partial charge in [-0.15, -0.1) is 0 Å². The smallest absolute Gasteiger partial charge is 0.225 e. The van der Waals surface area contributed by atoms with Crippen molar-refractivity contribution in [3.63, 3.8) is 0 Å². The van der Waals surface area contributed by atoms with Crippen LogP contribution >= 0.6 is 0 Å². The fourth-order valence-electron chi connectivity index (χ4n) is 4.19. The standard InChI is InChI=1S/C25H32N4O2/c1-18(2)24-21(14-20-8-6-5-7-9-20)15-22(16-26)25(27-24)28-11-12-29(19(3)17-28)23(30)10-13-31-4/h5-9,15,18-19H,10-14,17H2,1-4H3/t19-/m1/s1. The molecule has 0 radical (unpaired) electrons. The highest BCUT2D eigenvalue weighted by molar-refractivity contribution is 5.77. The Bertz CT molecular complexity index is 937. The third-order valence-electron chi connectivity index (χ3n) is 5.79. The highest BCUT2D eigenvalue weighted by atomic mass is 16.5. The molecular weight excluding hydrogens is 388 g/mol. The van der Waals surface area contributed by atoms with Crippen molar-refractivity contribution in [3.8, 4) is 6.07 Å². The van der Waals surface area contributed by atoms with Crippen LogP contribution in [0.3, 0.4) is 0 Å². The Labute approximate surface area is 185 Å². The Hall–Kier alpha value is -2.91. The number of carbonyl (C=O) groups excluding carboxylic acids is 1. The molecule has 0 aliphatic carbocycles. The van der Waals surface area contributed by atoms with Crippen LogP contribution in [-0.2, 0) is 16.0 Å². The molecular formula is C25H32N4O2. The van der Waals surface area contributed by atoms with Crippen molar-refractivity contribution in [2.45, 2.75) is 45.6 Å². The van der Waals surface area contributed by atoms with E-state index in [2.05, 4.69) is 43.9 Å². The normalized spacial score (nSPS) is 16.5. The van der Waals surface area contributed by atoms with Crippen LogP contribution in [0.5, 0.6) is 0 Å². The number of ether oxygens (including phenoxy) is 1. The van der Waals surface area contributed by atoms with Crippen molar-refractivity contribution in [2.75, 3.05) is 38.3 Å². The number of pyridine rings is 1. The van der Waals surface area contributed by atoms with Gasteiger partial charge in [0.15, 0.2) is 0 Å². The van der Waals surface area contributed by atoms with Gasteiger partial charge in [0.25, 0.3) is 0 Å². The lowest BCUT2D eigenvalue weighted by Gasteiger charge is -2.41. The van der Waals surface area contributed by atoms with Gasteiger partial charge in [-0.05, 0) is 36.5 Å². The van der Waals surface area contributed by atoms with Crippen LogP contribution in [0.15, 0.2) is 36.4 Å². The fraction of sp³-hybridized carbons (Fsp3) is 0.480. The van der Waals surface area contributed by atoms with Gasteiger partial charge < -0.3 is 14.5 Å². The maximum atomic E-state index is 12.5. The number of rotatable bonds is 7. The van der Waals surface area contributed by atoms with Gasteiger partial charge in [-0.3, -0.25) is 4.79 Å². The number of hydrogen-bond acceptors (Lipinski definition) is 5. The number of nitrogens with zero attached hydrogens (tertiary/aromatic N) is 4. The van der Waals surface area contributed by atoms with E-state index in [1.54, 1.807) is 7.11 Å². The summed E-state index contributed by atoms with van der Waals surface area (Å²) in [5.74, 6) is 1.10. The second-order valence-electron chi connectivity index (χ2n) is 8.46. The Morgan fingerprint density at radius 3 is 2.65 bits per heavy atom. The third-order valence-corrected chi connectivity index (χ3v) is 5.79. The molecule has 0 saturated carbocycles. The molecule has 2 aromatic rings. The first-order valence-corrected chi connectivity index (χ1v) is 11.0. The number of amides is 1. The number of carbonyl (C=O) groups is 1. The molecule has 0 unspecified atom stereocenters. The molecule has 0 spiro atoms. The Balaban J connectivity index is 1.85. The molecule has 1 aliphatic heterocycles. The van der Waals surface area contributed by atoms with E-state index in [1.165, 1.54) is 5.56 Å². The number of nitriles is 1. The minimum Gasteiger partial charge on any atom is -0.384 e. The summed E-state index contributed by atoms with van der Waals surface area (Å²) >= 11 is 0. The second kappa shape index (κ2) is 10.4. The summed E-state index contributed by atoms with van der Waals surface area (Å²) in [4.78, 5) is 21.5. The molecule has 1 saturated heterocycles. The summed E-state index contributed by atoms with van der Waals surface area (Å²) in [5.41, 5.74) is 3.94. The predicted molar refractivity (Wildman–Crippen MR) is 122 cm³/mol. The van der Waals surface area contributed by atoms with E-state index in [0.29, 0.717) is 38.2 Å². The zero-order chi connectivity index (χ0) is 22.4. The van der Waals surface area contributed by atoms with Crippen LogP contribution in [0.2, 0.25) is 0 Å². The highest BCUT2D eigenvalue weighted by Crippen LogP contribution is 2.29. The minimum absolute atomic E-state index is 0.0537. The predicted octanol–water partition coefficient (Wildman–Crippen LogP) is 3.74. The average Bonchev–Trinajstić information content (AvgIpc) is 2.77. The van der Waals surface area contributed by atoms with Crippen molar-refractivity contribution in [1.82, 2.24) is 9.88 Å². The zero-order valence-electron chi connectivity index (χ0n) is 19.0. The lowest BCUT2D eigenvalue weighted by molar-refractivity contribution is -0.134. The van der Waals surface area contributed by atoms with E-state index in [-0.39, 0.29) is 17.9 Å². The largest absolute Gasteiger partial charge is 0.384 e. The summed E-state index contributed by atoms with van der Waals surface area (Å²) < 4.78 is 5.04. The summed E-state index contributed by atoms with van der Waals surface area (Å²) in [6, 6.07) is 14.7. The maximum absolute atomic E-state index is 12.5. The second-order valence-corrected chi connectivity index (χ2v) is 8.46. The minimum atomic E-state index is 0.0537. The molecule has 1 aliphatic rings. The molecule has 0 bridgehead atoms.